The molecule has 0 aliphatic rings. The molecule has 3 heteroatoms. The lowest BCUT2D eigenvalue weighted by molar-refractivity contribution is 1.27. The Morgan fingerprint density at radius 1 is 1.38 bits per heavy atom. The standard InChI is InChI=1S/C10H12N2.BrH/c1-2-3-8-4-6-9(7-5-8)10(11)12;/h2,4-7H,1,3H2,(H3,11,12);1H. The van der Waals surface area contributed by atoms with Crippen LogP contribution >= 0.6 is 17.0 Å². The van der Waals surface area contributed by atoms with Crippen molar-refractivity contribution in [2.45, 2.75) is 6.42 Å². The van der Waals surface area contributed by atoms with Crippen molar-refractivity contribution in [1.29, 1.82) is 5.41 Å². The predicted molar refractivity (Wildman–Crippen MR) is 61.7 cm³/mol. The van der Waals surface area contributed by atoms with Crippen LogP contribution < -0.4 is 5.73 Å². The molecule has 0 spiro atoms. The summed E-state index contributed by atoms with van der Waals surface area (Å²) in [6.07, 6.45) is 2.71. The summed E-state index contributed by atoms with van der Waals surface area (Å²) in [7, 11) is 0. The van der Waals surface area contributed by atoms with Gasteiger partial charge in [-0.2, -0.15) is 0 Å². The fraction of sp³-hybridized carbons (Fsp3) is 0.100. The summed E-state index contributed by atoms with van der Waals surface area (Å²) in [5, 5.41) is 7.17. The maximum atomic E-state index is 7.17. The second kappa shape index (κ2) is 5.54. The van der Waals surface area contributed by atoms with E-state index in [2.05, 4.69) is 6.58 Å². The molecule has 0 aromatic heterocycles. The van der Waals surface area contributed by atoms with Crippen LogP contribution in [-0.2, 0) is 6.42 Å². The summed E-state index contributed by atoms with van der Waals surface area (Å²) in [5.41, 5.74) is 7.26. The third kappa shape index (κ3) is 3.42. The predicted octanol–water partition coefficient (Wildman–Crippen LogP) is 2.28. The Labute approximate surface area is 88.7 Å². The average Bonchev–Trinajstić information content (AvgIpc) is 2.06. The molecular weight excluding hydrogens is 228 g/mol. The third-order valence-electron chi connectivity index (χ3n) is 1.64. The van der Waals surface area contributed by atoms with Crippen LogP contribution in [0.15, 0.2) is 36.9 Å². The fourth-order valence-electron chi connectivity index (χ4n) is 0.987. The van der Waals surface area contributed by atoms with Crippen LogP contribution in [0.4, 0.5) is 0 Å². The lowest BCUT2D eigenvalue weighted by Gasteiger charge is -1.99. The van der Waals surface area contributed by atoms with Crippen molar-refractivity contribution >= 4 is 22.8 Å². The zero-order valence-corrected chi connectivity index (χ0v) is 9.00. The second-order valence-corrected chi connectivity index (χ2v) is 2.60. The highest BCUT2D eigenvalue weighted by molar-refractivity contribution is 8.93. The van der Waals surface area contributed by atoms with Gasteiger partial charge in [0.2, 0.25) is 0 Å². The quantitative estimate of drug-likeness (QED) is 0.476. The normalized spacial score (nSPS) is 8.62. The molecule has 0 aliphatic carbocycles. The summed E-state index contributed by atoms with van der Waals surface area (Å²) in [6.45, 7) is 3.65. The van der Waals surface area contributed by atoms with E-state index in [1.54, 1.807) is 0 Å². The first kappa shape index (κ1) is 11.9. The van der Waals surface area contributed by atoms with Crippen LogP contribution in [0.5, 0.6) is 0 Å². The van der Waals surface area contributed by atoms with E-state index in [0.717, 1.165) is 12.0 Å². The first-order valence-corrected chi connectivity index (χ1v) is 3.78. The summed E-state index contributed by atoms with van der Waals surface area (Å²) in [4.78, 5) is 0. The van der Waals surface area contributed by atoms with Crippen molar-refractivity contribution in [2.75, 3.05) is 0 Å². The van der Waals surface area contributed by atoms with Gasteiger partial charge in [-0.05, 0) is 12.0 Å². The number of benzene rings is 1. The SMILES string of the molecule is Br.C=CCc1ccc(C(=N)N)cc1. The summed E-state index contributed by atoms with van der Waals surface area (Å²) >= 11 is 0. The largest absolute Gasteiger partial charge is 0.384 e. The molecule has 0 heterocycles. The minimum Gasteiger partial charge on any atom is -0.384 e. The molecule has 0 unspecified atom stereocenters. The van der Waals surface area contributed by atoms with Gasteiger partial charge in [-0.1, -0.05) is 30.3 Å². The Morgan fingerprint density at radius 2 is 1.92 bits per heavy atom. The minimum absolute atomic E-state index is 0. The van der Waals surface area contributed by atoms with Gasteiger partial charge in [-0.3, -0.25) is 5.41 Å². The first-order valence-electron chi connectivity index (χ1n) is 3.78. The van der Waals surface area contributed by atoms with Crippen molar-refractivity contribution in [2.24, 2.45) is 5.73 Å². The zero-order valence-electron chi connectivity index (χ0n) is 7.29. The van der Waals surface area contributed by atoms with Crippen LogP contribution in [0.2, 0.25) is 0 Å². The molecular formula is C10H13BrN2. The van der Waals surface area contributed by atoms with Crippen LogP contribution in [0.25, 0.3) is 0 Å². The molecule has 0 amide bonds. The van der Waals surface area contributed by atoms with Gasteiger partial charge in [-0.25, -0.2) is 0 Å². The van der Waals surface area contributed by atoms with Crippen molar-refractivity contribution in [3.63, 3.8) is 0 Å². The Bertz CT molecular complexity index is 290. The van der Waals surface area contributed by atoms with Crippen molar-refractivity contribution in [1.82, 2.24) is 0 Å². The van der Waals surface area contributed by atoms with Crippen molar-refractivity contribution in [3.05, 3.63) is 48.0 Å². The van der Waals surface area contributed by atoms with Gasteiger partial charge >= 0.3 is 0 Å². The van der Waals surface area contributed by atoms with E-state index in [-0.39, 0.29) is 22.8 Å². The Hall–Kier alpha value is -1.09. The van der Waals surface area contributed by atoms with E-state index in [1.165, 1.54) is 5.56 Å². The molecule has 13 heavy (non-hydrogen) atoms. The number of halogens is 1. The highest BCUT2D eigenvalue weighted by Gasteiger charge is 1.94. The van der Waals surface area contributed by atoms with Gasteiger partial charge < -0.3 is 5.73 Å². The fourth-order valence-corrected chi connectivity index (χ4v) is 0.987. The number of nitrogens with two attached hydrogens (primary N) is 1. The van der Waals surface area contributed by atoms with E-state index < -0.39 is 0 Å². The molecule has 0 atom stereocenters. The van der Waals surface area contributed by atoms with E-state index in [1.807, 2.05) is 30.3 Å². The van der Waals surface area contributed by atoms with Gasteiger partial charge in [0.1, 0.15) is 5.84 Å². The monoisotopic (exact) mass is 240 g/mol. The van der Waals surface area contributed by atoms with E-state index in [9.17, 15) is 0 Å². The molecule has 0 saturated heterocycles. The van der Waals surface area contributed by atoms with Gasteiger partial charge in [0.25, 0.3) is 0 Å². The summed E-state index contributed by atoms with van der Waals surface area (Å²) < 4.78 is 0. The highest BCUT2D eigenvalue weighted by atomic mass is 79.9. The number of amidine groups is 1. The number of nitrogens with one attached hydrogen (secondary N) is 1. The van der Waals surface area contributed by atoms with Gasteiger partial charge in [0.05, 0.1) is 0 Å². The van der Waals surface area contributed by atoms with Crippen molar-refractivity contribution < 1.29 is 0 Å². The molecule has 1 aromatic rings. The van der Waals surface area contributed by atoms with Crippen LogP contribution in [0, 0.1) is 5.41 Å². The molecule has 2 nitrogen and oxygen atoms in total. The Morgan fingerprint density at radius 3 is 2.31 bits per heavy atom. The first-order chi connectivity index (χ1) is 5.74. The van der Waals surface area contributed by atoms with E-state index in [0.29, 0.717) is 0 Å². The third-order valence-corrected chi connectivity index (χ3v) is 1.64. The number of nitrogen functional groups attached to an aromatic ring is 1. The Kier molecular flexibility index (Phi) is 5.07. The smallest absolute Gasteiger partial charge is 0.122 e. The Balaban J connectivity index is 0.00000144. The molecule has 70 valence electrons. The minimum atomic E-state index is 0. The molecule has 0 fully saturated rings. The molecule has 0 saturated carbocycles. The highest BCUT2D eigenvalue weighted by Crippen LogP contribution is 2.04. The number of hydrogen-bond acceptors (Lipinski definition) is 1. The maximum Gasteiger partial charge on any atom is 0.122 e. The van der Waals surface area contributed by atoms with Crippen LogP contribution in [0.1, 0.15) is 11.1 Å². The van der Waals surface area contributed by atoms with E-state index >= 15 is 0 Å². The second-order valence-electron chi connectivity index (χ2n) is 2.60. The molecule has 0 aliphatic heterocycles. The van der Waals surface area contributed by atoms with Gasteiger partial charge in [-0.15, -0.1) is 23.6 Å². The van der Waals surface area contributed by atoms with Gasteiger partial charge in [0, 0.05) is 5.56 Å². The number of hydrogen-bond donors (Lipinski definition) is 2. The van der Waals surface area contributed by atoms with Crippen LogP contribution in [0.3, 0.4) is 0 Å². The lowest BCUT2D eigenvalue weighted by atomic mass is 10.1. The topological polar surface area (TPSA) is 49.9 Å². The molecule has 0 radical (unpaired) electrons. The van der Waals surface area contributed by atoms with E-state index in [4.69, 9.17) is 11.1 Å². The maximum absolute atomic E-state index is 7.17. The molecule has 1 aromatic carbocycles. The molecule has 3 N–H and O–H groups in total. The average molecular weight is 241 g/mol. The summed E-state index contributed by atoms with van der Waals surface area (Å²) in [6, 6.07) is 7.61. The van der Waals surface area contributed by atoms with Crippen LogP contribution in [-0.4, -0.2) is 5.84 Å². The lowest BCUT2D eigenvalue weighted by Crippen LogP contribution is -2.10. The summed E-state index contributed by atoms with van der Waals surface area (Å²) in [5.74, 6) is 0.111. The molecule has 0 bridgehead atoms. The number of allylic oxidation sites excluding steroid dienone is 1. The van der Waals surface area contributed by atoms with Crippen molar-refractivity contribution in [3.8, 4) is 0 Å². The molecule has 1 rings (SSSR count). The zero-order chi connectivity index (χ0) is 8.97. The van der Waals surface area contributed by atoms with Gasteiger partial charge in [0.15, 0.2) is 0 Å². The number of rotatable bonds is 3.